The third-order valence-corrected chi connectivity index (χ3v) is 6.99. The minimum Gasteiger partial charge on any atom is -0.494 e. The van der Waals surface area contributed by atoms with Crippen molar-refractivity contribution in [2.75, 3.05) is 6.61 Å². The molecule has 0 amide bonds. The maximum atomic E-state index is 12.5. The van der Waals surface area contributed by atoms with Crippen molar-refractivity contribution < 1.29 is 18.8 Å². The molecule has 4 rings (SSSR count). The predicted molar refractivity (Wildman–Crippen MR) is 106 cm³/mol. The molecule has 6 nitrogen and oxygen atoms in total. The van der Waals surface area contributed by atoms with Crippen LogP contribution in [-0.4, -0.2) is 18.3 Å². The lowest BCUT2D eigenvalue weighted by atomic mass is 9.70. The Morgan fingerprint density at radius 3 is 2.71 bits per heavy atom. The summed E-state index contributed by atoms with van der Waals surface area (Å²) in [5.74, 6) is 0.369. The van der Waals surface area contributed by atoms with Gasteiger partial charge in [0.2, 0.25) is 0 Å². The molecule has 2 unspecified atom stereocenters. The highest BCUT2D eigenvalue weighted by molar-refractivity contribution is 5.96. The Hall–Kier alpha value is -2.63. The summed E-state index contributed by atoms with van der Waals surface area (Å²) in [6, 6.07) is 6.62. The van der Waals surface area contributed by atoms with Crippen molar-refractivity contribution in [3.63, 3.8) is 0 Å². The Labute approximate surface area is 163 Å². The highest BCUT2D eigenvalue weighted by Crippen LogP contribution is 2.64. The van der Waals surface area contributed by atoms with E-state index in [-0.39, 0.29) is 16.4 Å². The van der Waals surface area contributed by atoms with Gasteiger partial charge in [-0.25, -0.2) is 9.59 Å². The Morgan fingerprint density at radius 2 is 2.07 bits per heavy atom. The second-order valence-corrected chi connectivity index (χ2v) is 8.49. The molecule has 2 atom stereocenters. The quantitative estimate of drug-likeness (QED) is 0.440. The van der Waals surface area contributed by atoms with E-state index in [4.69, 9.17) is 14.0 Å². The zero-order valence-corrected chi connectivity index (χ0v) is 16.7. The van der Waals surface area contributed by atoms with Gasteiger partial charge in [-0.2, -0.15) is 0 Å². The van der Waals surface area contributed by atoms with E-state index in [0.717, 1.165) is 18.6 Å². The summed E-state index contributed by atoms with van der Waals surface area (Å²) in [6.07, 6.45) is 3.05. The maximum absolute atomic E-state index is 12.5. The summed E-state index contributed by atoms with van der Waals surface area (Å²) >= 11 is 0. The van der Waals surface area contributed by atoms with E-state index in [2.05, 4.69) is 25.9 Å². The topological polar surface area (TPSA) is 78.1 Å². The van der Waals surface area contributed by atoms with Gasteiger partial charge in [-0.15, -0.1) is 0 Å². The summed E-state index contributed by atoms with van der Waals surface area (Å²) in [5.41, 5.74) is 0.439. The normalized spacial score (nSPS) is 26.7. The molecule has 2 aliphatic rings. The van der Waals surface area contributed by atoms with Gasteiger partial charge in [-0.05, 0) is 55.7 Å². The Balaban J connectivity index is 1.59. The second kappa shape index (κ2) is 6.47. The van der Waals surface area contributed by atoms with Crippen LogP contribution in [0, 0.1) is 16.7 Å². The molecular formula is C22H25NO5. The van der Waals surface area contributed by atoms with Crippen LogP contribution in [-0.2, 0) is 4.84 Å². The molecule has 148 valence electrons. The van der Waals surface area contributed by atoms with Crippen molar-refractivity contribution in [1.82, 2.24) is 0 Å². The summed E-state index contributed by atoms with van der Waals surface area (Å²) in [4.78, 5) is 29.9. The van der Waals surface area contributed by atoms with Crippen molar-refractivity contribution in [2.24, 2.45) is 21.9 Å². The molecule has 1 aromatic heterocycles. The monoisotopic (exact) mass is 383 g/mol. The lowest BCUT2D eigenvalue weighted by Crippen LogP contribution is -2.32. The average molecular weight is 383 g/mol. The van der Waals surface area contributed by atoms with E-state index in [1.807, 2.05) is 6.92 Å². The van der Waals surface area contributed by atoms with Gasteiger partial charge in [0.15, 0.2) is 0 Å². The lowest BCUT2D eigenvalue weighted by molar-refractivity contribution is 0.0504. The number of nitrogens with zero attached hydrogens (tertiary/aromatic N) is 1. The molecule has 28 heavy (non-hydrogen) atoms. The molecule has 6 heteroatoms. The van der Waals surface area contributed by atoms with Crippen molar-refractivity contribution in [3.8, 4) is 5.75 Å². The van der Waals surface area contributed by atoms with Crippen molar-refractivity contribution in [2.45, 2.75) is 47.0 Å². The third-order valence-electron chi connectivity index (χ3n) is 6.99. The fourth-order valence-corrected chi connectivity index (χ4v) is 4.70. The number of fused-ring (bicyclic) bond motifs is 3. The largest absolute Gasteiger partial charge is 0.494 e. The Bertz CT molecular complexity index is 1030. The molecule has 2 fully saturated rings. The van der Waals surface area contributed by atoms with Gasteiger partial charge < -0.3 is 14.0 Å². The number of carbonyl (C=O) groups excluding carboxylic acids is 1. The number of hydrogen-bond donors (Lipinski definition) is 0. The molecule has 2 bridgehead atoms. The standard InChI is InChI=1S/C22H25NO5/c1-5-26-15-7-6-13-10-16(19(24)27-17(13)12-15)20(25)28-23-18-11-14-8-9-22(18,4)21(14,2)3/h6-7,10,12,14H,5,8-9,11H2,1-4H3. The highest BCUT2D eigenvalue weighted by atomic mass is 16.7. The minimum absolute atomic E-state index is 0.0678. The molecule has 2 saturated carbocycles. The van der Waals surface area contributed by atoms with Gasteiger partial charge in [-0.1, -0.05) is 25.9 Å². The van der Waals surface area contributed by atoms with Crippen molar-refractivity contribution in [1.29, 1.82) is 0 Å². The van der Waals surface area contributed by atoms with Gasteiger partial charge in [0.05, 0.1) is 12.3 Å². The summed E-state index contributed by atoms with van der Waals surface area (Å²) in [5, 5.41) is 4.80. The van der Waals surface area contributed by atoms with Crippen LogP contribution in [0.3, 0.4) is 0 Å². The molecule has 2 aromatic rings. The average Bonchev–Trinajstić information content (AvgIpc) is 2.99. The number of benzene rings is 1. The van der Waals surface area contributed by atoms with Crippen LogP contribution in [0.2, 0.25) is 0 Å². The fraction of sp³-hybridized carbons (Fsp3) is 0.500. The van der Waals surface area contributed by atoms with E-state index in [1.165, 1.54) is 12.5 Å². The molecule has 0 spiro atoms. The summed E-state index contributed by atoms with van der Waals surface area (Å²) in [6.45, 7) is 9.08. The number of ether oxygens (including phenoxy) is 1. The van der Waals surface area contributed by atoms with E-state index < -0.39 is 11.6 Å². The zero-order chi connectivity index (χ0) is 20.1. The Morgan fingerprint density at radius 1 is 1.29 bits per heavy atom. The number of carbonyl (C=O) groups is 1. The highest BCUT2D eigenvalue weighted by Gasteiger charge is 2.60. The van der Waals surface area contributed by atoms with Gasteiger partial charge in [0.25, 0.3) is 0 Å². The van der Waals surface area contributed by atoms with Gasteiger partial charge in [0, 0.05) is 16.9 Å². The number of rotatable bonds is 4. The molecule has 1 aromatic carbocycles. The first-order chi connectivity index (χ1) is 13.3. The SMILES string of the molecule is CCOc1ccc2cc(C(=O)ON=C3CC4CCC3(C)C4(C)C)c(=O)oc2c1. The molecule has 0 radical (unpaired) electrons. The van der Waals surface area contributed by atoms with Crippen LogP contribution in [0.1, 0.15) is 57.3 Å². The van der Waals surface area contributed by atoms with Gasteiger partial charge in [0.1, 0.15) is 16.9 Å². The van der Waals surface area contributed by atoms with Crippen LogP contribution >= 0.6 is 0 Å². The van der Waals surface area contributed by atoms with Crippen molar-refractivity contribution in [3.05, 3.63) is 40.2 Å². The lowest BCUT2D eigenvalue weighted by Gasteiger charge is -2.34. The first-order valence-corrected chi connectivity index (χ1v) is 9.75. The van der Waals surface area contributed by atoms with E-state index in [1.54, 1.807) is 18.2 Å². The third kappa shape index (κ3) is 2.74. The van der Waals surface area contributed by atoms with Crippen LogP contribution in [0.25, 0.3) is 11.0 Å². The Kier molecular flexibility index (Phi) is 4.32. The van der Waals surface area contributed by atoms with Crippen LogP contribution in [0.5, 0.6) is 5.75 Å². The van der Waals surface area contributed by atoms with Gasteiger partial charge >= 0.3 is 11.6 Å². The minimum atomic E-state index is -0.791. The first-order valence-electron chi connectivity index (χ1n) is 9.75. The maximum Gasteiger partial charge on any atom is 0.373 e. The van der Waals surface area contributed by atoms with Gasteiger partial charge in [-0.3, -0.25) is 0 Å². The zero-order valence-electron chi connectivity index (χ0n) is 16.7. The summed E-state index contributed by atoms with van der Waals surface area (Å²) < 4.78 is 10.7. The number of hydrogen-bond acceptors (Lipinski definition) is 6. The van der Waals surface area contributed by atoms with E-state index >= 15 is 0 Å². The fourth-order valence-electron chi connectivity index (χ4n) is 4.70. The molecule has 1 heterocycles. The van der Waals surface area contributed by atoms with E-state index in [9.17, 15) is 9.59 Å². The molecule has 0 N–H and O–H groups in total. The van der Waals surface area contributed by atoms with E-state index in [0.29, 0.717) is 29.2 Å². The summed E-state index contributed by atoms with van der Waals surface area (Å²) in [7, 11) is 0. The molecule has 0 saturated heterocycles. The molecular weight excluding hydrogens is 358 g/mol. The first kappa shape index (κ1) is 18.7. The second-order valence-electron chi connectivity index (χ2n) is 8.49. The van der Waals surface area contributed by atoms with Crippen LogP contribution in [0.15, 0.2) is 38.6 Å². The number of oxime groups is 1. The molecule has 0 aliphatic heterocycles. The molecule has 2 aliphatic carbocycles. The smallest absolute Gasteiger partial charge is 0.373 e. The van der Waals surface area contributed by atoms with Crippen molar-refractivity contribution >= 4 is 22.7 Å². The van der Waals surface area contributed by atoms with Crippen LogP contribution in [0.4, 0.5) is 0 Å². The predicted octanol–water partition coefficient (Wildman–Crippen LogP) is 4.55. The van der Waals surface area contributed by atoms with Crippen LogP contribution < -0.4 is 10.4 Å².